The van der Waals surface area contributed by atoms with Crippen LogP contribution in [-0.4, -0.2) is 36.4 Å². The van der Waals surface area contributed by atoms with Gasteiger partial charge in [0.05, 0.1) is 23.4 Å². The van der Waals surface area contributed by atoms with Crippen LogP contribution in [0.1, 0.15) is 16.1 Å². The van der Waals surface area contributed by atoms with Gasteiger partial charge >= 0.3 is 6.18 Å². The van der Waals surface area contributed by atoms with E-state index in [-0.39, 0.29) is 36.2 Å². The molecule has 2 amide bonds. The van der Waals surface area contributed by atoms with Gasteiger partial charge in [-0.3, -0.25) is 9.59 Å². The summed E-state index contributed by atoms with van der Waals surface area (Å²) in [7, 11) is 0. The first-order chi connectivity index (χ1) is 12.3. The van der Waals surface area contributed by atoms with E-state index in [1.165, 1.54) is 12.3 Å². The minimum absolute atomic E-state index is 0.0695. The molecule has 2 aromatic rings. The van der Waals surface area contributed by atoms with Crippen LogP contribution in [0.2, 0.25) is 5.02 Å². The first-order valence-electron chi connectivity index (χ1n) is 7.32. The van der Waals surface area contributed by atoms with Crippen molar-refractivity contribution in [2.75, 3.05) is 25.0 Å². The number of furan rings is 1. The van der Waals surface area contributed by atoms with Crippen LogP contribution in [0, 0.1) is 0 Å². The van der Waals surface area contributed by atoms with Gasteiger partial charge < -0.3 is 20.4 Å². The van der Waals surface area contributed by atoms with E-state index in [0.29, 0.717) is 6.20 Å². The first-order valence-corrected chi connectivity index (χ1v) is 7.70. The second-order valence-electron chi connectivity index (χ2n) is 4.99. The van der Waals surface area contributed by atoms with Gasteiger partial charge in [0.15, 0.2) is 5.76 Å². The number of aromatic nitrogens is 1. The van der Waals surface area contributed by atoms with Crippen molar-refractivity contribution in [2.45, 2.75) is 6.18 Å². The Kier molecular flexibility index (Phi) is 6.45. The summed E-state index contributed by atoms with van der Waals surface area (Å²) in [5.41, 5.74) is -0.950. The van der Waals surface area contributed by atoms with Crippen molar-refractivity contribution in [1.82, 2.24) is 15.6 Å². The van der Waals surface area contributed by atoms with Crippen LogP contribution >= 0.6 is 11.6 Å². The summed E-state index contributed by atoms with van der Waals surface area (Å²) < 4.78 is 42.4. The zero-order valence-electron chi connectivity index (χ0n) is 13.2. The number of alkyl halides is 3. The number of amides is 2. The molecule has 2 aromatic heterocycles. The lowest BCUT2D eigenvalue weighted by molar-refractivity contribution is -0.137. The van der Waals surface area contributed by atoms with Crippen molar-refractivity contribution in [1.29, 1.82) is 0 Å². The molecule has 0 spiro atoms. The van der Waals surface area contributed by atoms with E-state index < -0.39 is 23.6 Å². The number of hydrogen-bond acceptors (Lipinski definition) is 5. The standard InChI is InChI=1S/C15H14ClF3N4O3/c16-10-6-9(15(17,18)19)7-22-13(10)21-4-3-20-12(24)8-23-14(25)11-2-1-5-26-11/h1-2,5-7H,3-4,8H2,(H,20,24)(H,21,22)(H,23,25). The predicted molar refractivity (Wildman–Crippen MR) is 86.8 cm³/mol. The summed E-state index contributed by atoms with van der Waals surface area (Å²) in [5, 5.41) is 7.40. The molecule has 0 bridgehead atoms. The summed E-state index contributed by atoms with van der Waals surface area (Å²) in [4.78, 5) is 26.8. The number of anilines is 1. The Bertz CT molecular complexity index is 766. The van der Waals surface area contributed by atoms with E-state index in [1.54, 1.807) is 6.07 Å². The van der Waals surface area contributed by atoms with Crippen LogP contribution in [-0.2, 0) is 11.0 Å². The minimum atomic E-state index is -4.52. The fourth-order valence-corrected chi connectivity index (χ4v) is 2.06. The number of nitrogens with one attached hydrogen (secondary N) is 3. The van der Waals surface area contributed by atoms with Crippen molar-refractivity contribution >= 4 is 29.2 Å². The molecule has 0 radical (unpaired) electrons. The number of hydrogen-bond donors (Lipinski definition) is 3. The lowest BCUT2D eigenvalue weighted by atomic mass is 10.3. The highest BCUT2D eigenvalue weighted by Crippen LogP contribution is 2.32. The van der Waals surface area contributed by atoms with Gasteiger partial charge in [0.2, 0.25) is 5.91 Å². The summed E-state index contributed by atoms with van der Waals surface area (Å²) in [6.07, 6.45) is -2.53. The smallest absolute Gasteiger partial charge is 0.417 e. The minimum Gasteiger partial charge on any atom is -0.459 e. The van der Waals surface area contributed by atoms with Crippen LogP contribution in [0.25, 0.3) is 0 Å². The molecule has 7 nitrogen and oxygen atoms in total. The van der Waals surface area contributed by atoms with Crippen molar-refractivity contribution in [3.63, 3.8) is 0 Å². The Morgan fingerprint density at radius 2 is 2.00 bits per heavy atom. The highest BCUT2D eigenvalue weighted by Gasteiger charge is 2.31. The van der Waals surface area contributed by atoms with Crippen LogP contribution in [0.5, 0.6) is 0 Å². The lowest BCUT2D eigenvalue weighted by Crippen LogP contribution is -2.38. The molecule has 11 heteroatoms. The van der Waals surface area contributed by atoms with E-state index in [0.717, 1.165) is 6.07 Å². The Labute approximate surface area is 150 Å². The molecule has 140 valence electrons. The molecule has 0 aromatic carbocycles. The molecular weight excluding hydrogens is 377 g/mol. The van der Waals surface area contributed by atoms with Gasteiger partial charge in [0, 0.05) is 19.3 Å². The van der Waals surface area contributed by atoms with Gasteiger partial charge in [-0.2, -0.15) is 13.2 Å². The number of carbonyl (C=O) groups is 2. The Morgan fingerprint density at radius 3 is 2.62 bits per heavy atom. The third-order valence-corrected chi connectivity index (χ3v) is 3.35. The van der Waals surface area contributed by atoms with E-state index >= 15 is 0 Å². The largest absolute Gasteiger partial charge is 0.459 e. The van der Waals surface area contributed by atoms with Gasteiger partial charge in [-0.05, 0) is 18.2 Å². The molecule has 0 aliphatic heterocycles. The number of rotatable bonds is 7. The molecule has 0 saturated carbocycles. The van der Waals surface area contributed by atoms with Crippen molar-refractivity contribution in [2.24, 2.45) is 0 Å². The monoisotopic (exact) mass is 390 g/mol. The molecule has 0 aliphatic carbocycles. The van der Waals surface area contributed by atoms with Crippen molar-refractivity contribution < 1.29 is 27.2 Å². The van der Waals surface area contributed by atoms with Gasteiger partial charge in [-0.1, -0.05) is 11.6 Å². The fraction of sp³-hybridized carbons (Fsp3) is 0.267. The second kappa shape index (κ2) is 8.56. The Hall–Kier alpha value is -2.75. The summed E-state index contributed by atoms with van der Waals surface area (Å²) in [5.74, 6) is -0.815. The van der Waals surface area contributed by atoms with E-state index in [4.69, 9.17) is 16.0 Å². The SMILES string of the molecule is O=C(CNC(=O)c1ccco1)NCCNc1ncc(C(F)(F)F)cc1Cl. The second-order valence-corrected chi connectivity index (χ2v) is 5.40. The number of halogens is 4. The van der Waals surface area contributed by atoms with Crippen LogP contribution in [0.15, 0.2) is 35.1 Å². The molecule has 0 aliphatic rings. The fourth-order valence-electron chi connectivity index (χ4n) is 1.82. The number of pyridine rings is 1. The molecular formula is C15H14ClF3N4O3. The predicted octanol–water partition coefficient (Wildman–Crippen LogP) is 2.30. The number of nitrogens with zero attached hydrogens (tertiary/aromatic N) is 1. The van der Waals surface area contributed by atoms with Crippen molar-refractivity contribution in [3.8, 4) is 0 Å². The molecule has 0 atom stereocenters. The van der Waals surface area contributed by atoms with Gasteiger partial charge in [-0.15, -0.1) is 0 Å². The maximum atomic E-state index is 12.5. The van der Waals surface area contributed by atoms with Crippen LogP contribution in [0.3, 0.4) is 0 Å². The molecule has 3 N–H and O–H groups in total. The molecule has 0 fully saturated rings. The van der Waals surface area contributed by atoms with E-state index in [9.17, 15) is 22.8 Å². The molecule has 2 rings (SSSR count). The lowest BCUT2D eigenvalue weighted by Gasteiger charge is -2.11. The van der Waals surface area contributed by atoms with Crippen LogP contribution in [0.4, 0.5) is 19.0 Å². The maximum absolute atomic E-state index is 12.5. The molecule has 0 saturated heterocycles. The topological polar surface area (TPSA) is 96.3 Å². The first kappa shape index (κ1) is 19.6. The normalized spacial score (nSPS) is 11.1. The Morgan fingerprint density at radius 1 is 1.23 bits per heavy atom. The Balaban J connectivity index is 1.70. The van der Waals surface area contributed by atoms with Crippen molar-refractivity contribution in [3.05, 3.63) is 47.0 Å². The summed E-state index contributed by atoms with van der Waals surface area (Å²) in [6, 6.07) is 3.76. The molecule has 0 unspecified atom stereocenters. The third kappa shape index (κ3) is 5.66. The maximum Gasteiger partial charge on any atom is 0.417 e. The highest BCUT2D eigenvalue weighted by atomic mass is 35.5. The summed E-state index contributed by atoms with van der Waals surface area (Å²) in [6.45, 7) is 0.0727. The van der Waals surface area contributed by atoms with Gasteiger partial charge in [0.25, 0.3) is 5.91 Å². The van der Waals surface area contributed by atoms with Crippen LogP contribution < -0.4 is 16.0 Å². The zero-order chi connectivity index (χ0) is 19.2. The quantitative estimate of drug-likeness (QED) is 0.630. The average molecular weight is 391 g/mol. The van der Waals surface area contributed by atoms with Gasteiger partial charge in [-0.25, -0.2) is 4.98 Å². The highest BCUT2D eigenvalue weighted by molar-refractivity contribution is 6.32. The summed E-state index contributed by atoms with van der Waals surface area (Å²) >= 11 is 5.74. The third-order valence-electron chi connectivity index (χ3n) is 3.06. The van der Waals surface area contributed by atoms with E-state index in [2.05, 4.69) is 20.9 Å². The van der Waals surface area contributed by atoms with Gasteiger partial charge in [0.1, 0.15) is 5.82 Å². The van der Waals surface area contributed by atoms with E-state index in [1.807, 2.05) is 0 Å². The molecule has 26 heavy (non-hydrogen) atoms. The zero-order valence-corrected chi connectivity index (χ0v) is 13.9. The average Bonchev–Trinajstić information content (AvgIpc) is 3.11. The number of carbonyl (C=O) groups excluding carboxylic acids is 2. The molecule has 2 heterocycles.